The van der Waals surface area contributed by atoms with E-state index < -0.39 is 11.9 Å². The predicted octanol–water partition coefficient (Wildman–Crippen LogP) is 1.75. The Morgan fingerprint density at radius 3 is 2.54 bits per heavy atom. The highest BCUT2D eigenvalue weighted by molar-refractivity contribution is 5.97. The van der Waals surface area contributed by atoms with Gasteiger partial charge in [-0.1, -0.05) is 12.1 Å². The number of carboxylic acid groups (broad SMARTS) is 1. The first-order chi connectivity index (χ1) is 11.5. The van der Waals surface area contributed by atoms with Crippen molar-refractivity contribution in [2.75, 3.05) is 23.3 Å². The summed E-state index contributed by atoms with van der Waals surface area (Å²) in [6.07, 6.45) is 0. The van der Waals surface area contributed by atoms with Gasteiger partial charge < -0.3 is 20.1 Å². The van der Waals surface area contributed by atoms with Crippen molar-refractivity contribution in [1.82, 2.24) is 0 Å². The van der Waals surface area contributed by atoms with Gasteiger partial charge in [-0.2, -0.15) is 0 Å². The van der Waals surface area contributed by atoms with E-state index in [1.165, 1.54) is 24.3 Å². The first-order valence-electron chi connectivity index (χ1n) is 7.21. The third kappa shape index (κ3) is 3.35. The molecule has 2 aromatic rings. The number of hydrogen-bond acceptors (Lipinski definition) is 5. The lowest BCUT2D eigenvalue weighted by atomic mass is 10.2. The number of aromatic carboxylic acids is 1. The lowest BCUT2D eigenvalue weighted by Gasteiger charge is -2.29. The largest absolute Gasteiger partial charge is 0.478 e. The van der Waals surface area contributed by atoms with E-state index in [9.17, 15) is 14.4 Å². The Balaban J connectivity index is 1.69. The SMILES string of the molecule is O=C(CN1CC(=O)Oc2ccccc21)Nc1ccc(C(=O)O)cc1. The van der Waals surface area contributed by atoms with Crippen molar-refractivity contribution >= 4 is 29.2 Å². The molecule has 2 aromatic carbocycles. The smallest absolute Gasteiger partial charge is 0.335 e. The molecule has 122 valence electrons. The Hall–Kier alpha value is -3.35. The summed E-state index contributed by atoms with van der Waals surface area (Å²) >= 11 is 0. The van der Waals surface area contributed by atoms with Crippen LogP contribution >= 0.6 is 0 Å². The Morgan fingerprint density at radius 2 is 1.83 bits per heavy atom. The van der Waals surface area contributed by atoms with Gasteiger partial charge in [-0.3, -0.25) is 4.79 Å². The Bertz CT molecular complexity index is 801. The van der Waals surface area contributed by atoms with E-state index in [0.29, 0.717) is 17.1 Å². The summed E-state index contributed by atoms with van der Waals surface area (Å²) in [7, 11) is 0. The molecule has 0 bridgehead atoms. The van der Waals surface area contributed by atoms with Crippen LogP contribution in [0.5, 0.6) is 5.75 Å². The van der Waals surface area contributed by atoms with E-state index in [1.807, 2.05) is 0 Å². The van der Waals surface area contributed by atoms with E-state index >= 15 is 0 Å². The summed E-state index contributed by atoms with van der Waals surface area (Å²) in [4.78, 5) is 36.3. The maximum atomic E-state index is 12.2. The number of hydrogen-bond donors (Lipinski definition) is 2. The number of benzene rings is 2. The van der Waals surface area contributed by atoms with Gasteiger partial charge in [-0.05, 0) is 36.4 Å². The number of carbonyl (C=O) groups is 3. The van der Waals surface area contributed by atoms with Gasteiger partial charge >= 0.3 is 11.9 Å². The van der Waals surface area contributed by atoms with E-state index in [4.69, 9.17) is 9.84 Å². The number of amides is 1. The molecule has 0 saturated carbocycles. The van der Waals surface area contributed by atoms with E-state index in [1.54, 1.807) is 29.2 Å². The topological polar surface area (TPSA) is 95.9 Å². The molecule has 1 aliphatic rings. The minimum atomic E-state index is -1.03. The molecule has 7 heteroatoms. The van der Waals surface area contributed by atoms with Crippen molar-refractivity contribution in [3.63, 3.8) is 0 Å². The summed E-state index contributed by atoms with van der Waals surface area (Å²) < 4.78 is 5.13. The molecule has 24 heavy (non-hydrogen) atoms. The zero-order chi connectivity index (χ0) is 17.1. The average molecular weight is 326 g/mol. The van der Waals surface area contributed by atoms with Crippen LogP contribution in [0.25, 0.3) is 0 Å². The van der Waals surface area contributed by atoms with E-state index in [-0.39, 0.29) is 24.6 Å². The molecular weight excluding hydrogens is 312 g/mol. The quantitative estimate of drug-likeness (QED) is 0.656. The molecule has 0 radical (unpaired) electrons. The van der Waals surface area contributed by atoms with Crippen LogP contribution in [0, 0.1) is 0 Å². The van der Waals surface area contributed by atoms with Gasteiger partial charge in [0.25, 0.3) is 0 Å². The molecule has 1 aliphatic heterocycles. The number of ether oxygens (including phenoxy) is 1. The van der Waals surface area contributed by atoms with Gasteiger partial charge in [0.2, 0.25) is 5.91 Å². The van der Waals surface area contributed by atoms with Crippen molar-refractivity contribution in [1.29, 1.82) is 0 Å². The molecule has 0 fully saturated rings. The molecule has 0 spiro atoms. The highest BCUT2D eigenvalue weighted by atomic mass is 16.5. The number of fused-ring (bicyclic) bond motifs is 1. The Morgan fingerprint density at radius 1 is 1.12 bits per heavy atom. The molecule has 0 aliphatic carbocycles. The highest BCUT2D eigenvalue weighted by Gasteiger charge is 2.25. The molecule has 0 atom stereocenters. The number of esters is 1. The van der Waals surface area contributed by atoms with E-state index in [2.05, 4.69) is 5.32 Å². The summed E-state index contributed by atoms with van der Waals surface area (Å²) in [5.74, 6) is -1.35. The van der Waals surface area contributed by atoms with Crippen molar-refractivity contribution in [3.8, 4) is 5.75 Å². The van der Waals surface area contributed by atoms with Gasteiger partial charge in [0, 0.05) is 5.69 Å². The molecule has 7 nitrogen and oxygen atoms in total. The fraction of sp³-hybridized carbons (Fsp3) is 0.118. The van der Waals surface area contributed by atoms with Crippen LogP contribution in [0.2, 0.25) is 0 Å². The first-order valence-corrected chi connectivity index (χ1v) is 7.21. The van der Waals surface area contributed by atoms with Crippen LogP contribution in [0.3, 0.4) is 0 Å². The number of para-hydroxylation sites is 2. The molecule has 3 rings (SSSR count). The van der Waals surface area contributed by atoms with Crippen LogP contribution in [-0.4, -0.2) is 36.0 Å². The molecule has 1 heterocycles. The van der Waals surface area contributed by atoms with Crippen molar-refractivity contribution in [2.24, 2.45) is 0 Å². The average Bonchev–Trinajstić information content (AvgIpc) is 2.55. The van der Waals surface area contributed by atoms with Crippen molar-refractivity contribution in [3.05, 3.63) is 54.1 Å². The molecule has 2 N–H and O–H groups in total. The van der Waals surface area contributed by atoms with Crippen LogP contribution in [0.1, 0.15) is 10.4 Å². The van der Waals surface area contributed by atoms with Gasteiger partial charge in [-0.25, -0.2) is 9.59 Å². The van der Waals surface area contributed by atoms with Crippen molar-refractivity contribution < 1.29 is 24.2 Å². The highest BCUT2D eigenvalue weighted by Crippen LogP contribution is 2.31. The number of nitrogens with zero attached hydrogens (tertiary/aromatic N) is 1. The minimum Gasteiger partial charge on any atom is -0.478 e. The lowest BCUT2D eigenvalue weighted by molar-refractivity contribution is -0.133. The molecule has 0 unspecified atom stereocenters. The van der Waals surface area contributed by atoms with Gasteiger partial charge in [-0.15, -0.1) is 0 Å². The number of nitrogens with one attached hydrogen (secondary N) is 1. The molecular formula is C17H14N2O5. The van der Waals surface area contributed by atoms with Gasteiger partial charge in [0.1, 0.15) is 6.54 Å². The number of carbonyl (C=O) groups excluding carboxylic acids is 2. The third-order valence-corrected chi connectivity index (χ3v) is 3.50. The predicted molar refractivity (Wildman–Crippen MR) is 86.3 cm³/mol. The first kappa shape index (κ1) is 15.5. The molecule has 1 amide bonds. The summed E-state index contributed by atoms with van der Waals surface area (Å²) in [6.45, 7) is -0.0326. The second kappa shape index (κ2) is 6.41. The maximum Gasteiger partial charge on any atom is 0.335 e. The fourth-order valence-electron chi connectivity index (χ4n) is 2.41. The van der Waals surface area contributed by atoms with Crippen LogP contribution < -0.4 is 15.0 Å². The lowest BCUT2D eigenvalue weighted by Crippen LogP contribution is -2.41. The molecule has 0 saturated heterocycles. The third-order valence-electron chi connectivity index (χ3n) is 3.50. The number of carboxylic acids is 1. The number of rotatable bonds is 4. The normalized spacial score (nSPS) is 13.0. The second-order valence-corrected chi connectivity index (χ2v) is 5.23. The molecule has 0 aromatic heterocycles. The monoisotopic (exact) mass is 326 g/mol. The Kier molecular flexibility index (Phi) is 4.15. The maximum absolute atomic E-state index is 12.2. The van der Waals surface area contributed by atoms with E-state index in [0.717, 1.165) is 0 Å². The van der Waals surface area contributed by atoms with Gasteiger partial charge in [0.05, 0.1) is 17.8 Å². The second-order valence-electron chi connectivity index (χ2n) is 5.23. The van der Waals surface area contributed by atoms with Crippen LogP contribution in [0.4, 0.5) is 11.4 Å². The van der Waals surface area contributed by atoms with Crippen LogP contribution in [0.15, 0.2) is 48.5 Å². The zero-order valence-electron chi connectivity index (χ0n) is 12.6. The standard InChI is InChI=1S/C17H14N2O5/c20-15(18-12-7-5-11(6-8-12)17(22)23)9-19-10-16(21)24-14-4-2-1-3-13(14)19/h1-8H,9-10H2,(H,18,20)(H,22,23). The minimum absolute atomic E-state index is 0.0115. The summed E-state index contributed by atoms with van der Waals surface area (Å²) in [6, 6.07) is 12.8. The number of anilines is 2. The Labute approximate surface area is 137 Å². The zero-order valence-corrected chi connectivity index (χ0v) is 12.6. The summed E-state index contributed by atoms with van der Waals surface area (Å²) in [5.41, 5.74) is 1.30. The summed E-state index contributed by atoms with van der Waals surface area (Å²) in [5, 5.41) is 11.5. The van der Waals surface area contributed by atoms with Crippen LogP contribution in [-0.2, 0) is 9.59 Å². The fourth-order valence-corrected chi connectivity index (χ4v) is 2.41. The van der Waals surface area contributed by atoms with Crippen molar-refractivity contribution in [2.45, 2.75) is 0 Å². The van der Waals surface area contributed by atoms with Gasteiger partial charge in [0.15, 0.2) is 5.75 Å².